The van der Waals surface area contributed by atoms with Crippen LogP contribution < -0.4 is 0 Å². The van der Waals surface area contributed by atoms with Crippen LogP contribution in [-0.4, -0.2) is 40.8 Å². The van der Waals surface area contributed by atoms with Crippen molar-refractivity contribution in [3.8, 4) is 0 Å². The zero-order valence-corrected chi connectivity index (χ0v) is 11.5. The van der Waals surface area contributed by atoms with Crippen molar-refractivity contribution >= 4 is 17.7 Å². The molecule has 0 radical (unpaired) electrons. The summed E-state index contributed by atoms with van der Waals surface area (Å²) < 4.78 is 36.7. The van der Waals surface area contributed by atoms with Gasteiger partial charge in [0.25, 0.3) is 5.91 Å². The molecule has 0 spiro atoms. The molecule has 0 aliphatic carbocycles. The minimum absolute atomic E-state index is 0.122. The van der Waals surface area contributed by atoms with Crippen molar-refractivity contribution in [3.05, 3.63) is 23.9 Å². The Labute approximate surface area is 114 Å². The van der Waals surface area contributed by atoms with Crippen molar-refractivity contribution in [1.29, 1.82) is 0 Å². The van der Waals surface area contributed by atoms with Gasteiger partial charge in [-0.1, -0.05) is 11.8 Å². The van der Waals surface area contributed by atoms with Crippen LogP contribution in [0.1, 0.15) is 24.2 Å². The third kappa shape index (κ3) is 4.74. The molecule has 106 valence electrons. The van der Waals surface area contributed by atoms with Gasteiger partial charge in [0.1, 0.15) is 5.03 Å². The Morgan fingerprint density at radius 2 is 2.00 bits per heavy atom. The molecule has 1 aromatic rings. The molecule has 0 bridgehead atoms. The van der Waals surface area contributed by atoms with Crippen LogP contribution >= 0.6 is 11.8 Å². The molecule has 19 heavy (non-hydrogen) atoms. The molecule has 0 N–H and O–H groups in total. The number of pyridine rings is 1. The molecule has 0 saturated carbocycles. The number of alkyl halides is 3. The number of aromatic nitrogens is 1. The van der Waals surface area contributed by atoms with Crippen molar-refractivity contribution in [2.45, 2.75) is 25.0 Å². The van der Waals surface area contributed by atoms with E-state index in [1.165, 1.54) is 12.3 Å². The SMILES string of the molecule is CCN(CC)C(=O)c1cccnc1SCC(F)(F)F. The van der Waals surface area contributed by atoms with Crippen LogP contribution in [0, 0.1) is 0 Å². The fraction of sp³-hybridized carbons (Fsp3) is 0.500. The van der Waals surface area contributed by atoms with Crippen molar-refractivity contribution in [2.24, 2.45) is 0 Å². The fourth-order valence-electron chi connectivity index (χ4n) is 1.50. The van der Waals surface area contributed by atoms with Crippen molar-refractivity contribution < 1.29 is 18.0 Å². The molecule has 3 nitrogen and oxygen atoms in total. The molecular weight excluding hydrogens is 277 g/mol. The van der Waals surface area contributed by atoms with Crippen LogP contribution in [0.3, 0.4) is 0 Å². The highest BCUT2D eigenvalue weighted by Gasteiger charge is 2.29. The number of rotatable bonds is 5. The number of hydrogen-bond donors (Lipinski definition) is 0. The van der Waals surface area contributed by atoms with Crippen LogP contribution in [-0.2, 0) is 0 Å². The van der Waals surface area contributed by atoms with Crippen LogP contribution in [0.5, 0.6) is 0 Å². The Hall–Kier alpha value is -1.24. The molecule has 0 aromatic carbocycles. The number of carbonyl (C=O) groups is 1. The van der Waals surface area contributed by atoms with Crippen molar-refractivity contribution in [3.63, 3.8) is 0 Å². The number of hydrogen-bond acceptors (Lipinski definition) is 3. The van der Waals surface area contributed by atoms with Gasteiger partial charge in [0.2, 0.25) is 0 Å². The minimum atomic E-state index is -4.28. The van der Waals surface area contributed by atoms with E-state index >= 15 is 0 Å². The maximum Gasteiger partial charge on any atom is 0.398 e. The first-order valence-corrected chi connectivity index (χ1v) is 6.81. The molecular formula is C12H15F3N2OS. The van der Waals surface area contributed by atoms with E-state index in [2.05, 4.69) is 4.98 Å². The topological polar surface area (TPSA) is 33.2 Å². The van der Waals surface area contributed by atoms with Gasteiger partial charge in [-0.05, 0) is 26.0 Å². The highest BCUT2D eigenvalue weighted by atomic mass is 32.2. The number of halogens is 3. The largest absolute Gasteiger partial charge is 0.398 e. The van der Waals surface area contributed by atoms with Crippen LogP contribution in [0.25, 0.3) is 0 Å². The summed E-state index contributed by atoms with van der Waals surface area (Å²) in [6.07, 6.45) is -2.89. The lowest BCUT2D eigenvalue weighted by molar-refractivity contribution is -0.105. The van der Waals surface area contributed by atoms with Crippen molar-refractivity contribution in [1.82, 2.24) is 9.88 Å². The lowest BCUT2D eigenvalue weighted by Gasteiger charge is -2.19. The number of thioether (sulfide) groups is 1. The molecule has 0 unspecified atom stereocenters. The zero-order valence-electron chi connectivity index (χ0n) is 10.7. The molecule has 1 rings (SSSR count). The molecule has 7 heteroatoms. The van der Waals surface area contributed by atoms with Gasteiger partial charge in [-0.3, -0.25) is 4.79 Å². The van der Waals surface area contributed by atoms with Gasteiger partial charge in [-0.25, -0.2) is 4.98 Å². The van der Waals surface area contributed by atoms with Crippen molar-refractivity contribution in [2.75, 3.05) is 18.8 Å². The molecule has 0 atom stereocenters. The van der Waals surface area contributed by atoms with E-state index in [-0.39, 0.29) is 16.5 Å². The predicted octanol–water partition coefficient (Wildman–Crippen LogP) is 3.22. The molecule has 1 amide bonds. The summed E-state index contributed by atoms with van der Waals surface area (Å²) in [4.78, 5) is 17.6. The zero-order chi connectivity index (χ0) is 14.5. The Morgan fingerprint density at radius 1 is 1.37 bits per heavy atom. The Balaban J connectivity index is 2.92. The monoisotopic (exact) mass is 292 g/mol. The first-order valence-electron chi connectivity index (χ1n) is 5.82. The van der Waals surface area contributed by atoms with Crippen LogP contribution in [0.4, 0.5) is 13.2 Å². The Morgan fingerprint density at radius 3 is 2.53 bits per heavy atom. The second-order valence-electron chi connectivity index (χ2n) is 3.74. The number of nitrogens with zero attached hydrogens (tertiary/aromatic N) is 2. The standard InChI is InChI=1S/C12H15F3N2OS/c1-3-17(4-2)11(18)9-6-5-7-16-10(9)19-8-12(13,14)15/h5-7H,3-4,8H2,1-2H3. The molecule has 0 aliphatic heterocycles. The van der Waals surface area contributed by atoms with Gasteiger partial charge in [0.15, 0.2) is 0 Å². The van der Waals surface area contributed by atoms with E-state index in [1.54, 1.807) is 11.0 Å². The first-order chi connectivity index (χ1) is 8.89. The summed E-state index contributed by atoms with van der Waals surface area (Å²) in [6, 6.07) is 3.06. The second kappa shape index (κ2) is 6.79. The minimum Gasteiger partial charge on any atom is -0.339 e. The highest BCUT2D eigenvalue weighted by molar-refractivity contribution is 7.99. The molecule has 1 heterocycles. The van der Waals surface area contributed by atoms with Gasteiger partial charge in [0.05, 0.1) is 11.3 Å². The van der Waals surface area contributed by atoms with E-state index in [0.29, 0.717) is 24.9 Å². The molecule has 0 saturated heterocycles. The summed E-state index contributed by atoms with van der Waals surface area (Å²) in [7, 11) is 0. The predicted molar refractivity (Wildman–Crippen MR) is 68.3 cm³/mol. The highest BCUT2D eigenvalue weighted by Crippen LogP contribution is 2.28. The van der Waals surface area contributed by atoms with Gasteiger partial charge in [-0.15, -0.1) is 0 Å². The lowest BCUT2D eigenvalue weighted by atomic mass is 10.2. The summed E-state index contributed by atoms with van der Waals surface area (Å²) >= 11 is 0.537. The maximum atomic E-state index is 12.2. The normalized spacial score (nSPS) is 11.4. The van der Waals surface area contributed by atoms with Gasteiger partial charge in [-0.2, -0.15) is 13.2 Å². The summed E-state index contributed by atoms with van der Waals surface area (Å²) in [5.74, 6) is -1.34. The first kappa shape index (κ1) is 15.8. The Bertz CT molecular complexity index is 433. The number of carbonyl (C=O) groups excluding carboxylic acids is 1. The summed E-state index contributed by atoms with van der Waals surface area (Å²) in [5.41, 5.74) is 0.223. The van der Waals surface area contributed by atoms with E-state index in [4.69, 9.17) is 0 Å². The third-order valence-electron chi connectivity index (χ3n) is 2.42. The molecule has 1 aromatic heterocycles. The van der Waals surface area contributed by atoms with Gasteiger partial charge in [0, 0.05) is 19.3 Å². The molecule has 0 fully saturated rings. The smallest absolute Gasteiger partial charge is 0.339 e. The van der Waals surface area contributed by atoms with E-state index in [0.717, 1.165) is 0 Å². The third-order valence-corrected chi connectivity index (χ3v) is 3.50. The Kier molecular flexibility index (Phi) is 5.65. The average Bonchev–Trinajstić information content (AvgIpc) is 2.37. The van der Waals surface area contributed by atoms with E-state index < -0.39 is 11.9 Å². The number of amides is 1. The van der Waals surface area contributed by atoms with Crippen LogP contribution in [0.15, 0.2) is 23.4 Å². The fourth-order valence-corrected chi connectivity index (χ4v) is 2.25. The average molecular weight is 292 g/mol. The van der Waals surface area contributed by atoms with E-state index in [1.807, 2.05) is 13.8 Å². The quantitative estimate of drug-likeness (QED) is 0.781. The second-order valence-corrected chi connectivity index (χ2v) is 4.70. The summed E-state index contributed by atoms with van der Waals surface area (Å²) in [5, 5.41) is 0.122. The van der Waals surface area contributed by atoms with E-state index in [9.17, 15) is 18.0 Å². The molecule has 0 aliphatic rings. The lowest BCUT2D eigenvalue weighted by Crippen LogP contribution is -2.31. The van der Waals surface area contributed by atoms with Gasteiger partial charge >= 0.3 is 6.18 Å². The van der Waals surface area contributed by atoms with Crippen LogP contribution in [0.2, 0.25) is 0 Å². The maximum absolute atomic E-state index is 12.2. The summed E-state index contributed by atoms with van der Waals surface area (Å²) in [6.45, 7) is 4.65. The van der Waals surface area contributed by atoms with Gasteiger partial charge < -0.3 is 4.90 Å².